The Labute approximate surface area is 112 Å². The summed E-state index contributed by atoms with van der Waals surface area (Å²) < 4.78 is 0. The Morgan fingerprint density at radius 2 is 2.00 bits per heavy atom. The Hall–Kier alpha value is -0.340. The minimum Gasteiger partial charge on any atom is -0.314 e. The standard InChI is InChI=1S/C16H28N2/c1-2-7-18-8-5-16(6-9-18)17-12-15-11-13-3-4-14(15)10-13/h3-4,13-17H,2,5-12H2,1H3. The highest BCUT2D eigenvalue weighted by atomic mass is 15.1. The maximum atomic E-state index is 3.85. The van der Waals surface area contributed by atoms with Gasteiger partial charge in [0.25, 0.3) is 0 Å². The van der Waals surface area contributed by atoms with Crippen LogP contribution in [0.3, 0.4) is 0 Å². The number of nitrogens with one attached hydrogen (secondary N) is 1. The number of allylic oxidation sites excluding steroid dienone is 2. The van der Waals surface area contributed by atoms with Gasteiger partial charge in [-0.25, -0.2) is 0 Å². The summed E-state index contributed by atoms with van der Waals surface area (Å²) >= 11 is 0. The van der Waals surface area contributed by atoms with E-state index >= 15 is 0 Å². The highest BCUT2D eigenvalue weighted by Gasteiger charge is 2.35. The van der Waals surface area contributed by atoms with E-state index in [1.54, 1.807) is 0 Å². The molecule has 0 aromatic carbocycles. The summed E-state index contributed by atoms with van der Waals surface area (Å²) in [7, 11) is 0. The van der Waals surface area contributed by atoms with Crippen molar-refractivity contribution in [1.82, 2.24) is 10.2 Å². The van der Waals surface area contributed by atoms with Gasteiger partial charge in [0, 0.05) is 6.04 Å². The van der Waals surface area contributed by atoms with Crippen molar-refractivity contribution in [2.24, 2.45) is 17.8 Å². The Morgan fingerprint density at radius 3 is 2.61 bits per heavy atom. The molecule has 3 atom stereocenters. The summed E-state index contributed by atoms with van der Waals surface area (Å²) in [6.07, 6.45) is 11.8. The summed E-state index contributed by atoms with van der Waals surface area (Å²) in [4.78, 5) is 2.62. The van der Waals surface area contributed by atoms with Gasteiger partial charge in [0.2, 0.25) is 0 Å². The van der Waals surface area contributed by atoms with Crippen LogP contribution in [-0.4, -0.2) is 37.1 Å². The van der Waals surface area contributed by atoms with E-state index in [0.717, 1.165) is 23.8 Å². The molecule has 2 nitrogen and oxygen atoms in total. The van der Waals surface area contributed by atoms with Gasteiger partial charge in [0.05, 0.1) is 0 Å². The van der Waals surface area contributed by atoms with E-state index in [9.17, 15) is 0 Å². The largest absolute Gasteiger partial charge is 0.314 e. The maximum absolute atomic E-state index is 3.85. The molecule has 1 N–H and O–H groups in total. The van der Waals surface area contributed by atoms with Gasteiger partial charge >= 0.3 is 0 Å². The normalized spacial score (nSPS) is 36.6. The predicted molar refractivity (Wildman–Crippen MR) is 76.6 cm³/mol. The van der Waals surface area contributed by atoms with Crippen molar-refractivity contribution in [3.63, 3.8) is 0 Å². The van der Waals surface area contributed by atoms with Crippen LogP contribution in [0.15, 0.2) is 12.2 Å². The van der Waals surface area contributed by atoms with Gasteiger partial charge in [0.15, 0.2) is 0 Å². The monoisotopic (exact) mass is 248 g/mol. The highest BCUT2D eigenvalue weighted by molar-refractivity contribution is 5.10. The number of hydrogen-bond donors (Lipinski definition) is 1. The van der Waals surface area contributed by atoms with Gasteiger partial charge in [-0.05, 0) is 76.0 Å². The van der Waals surface area contributed by atoms with Crippen molar-refractivity contribution >= 4 is 0 Å². The summed E-state index contributed by atoms with van der Waals surface area (Å²) in [5.74, 6) is 2.77. The van der Waals surface area contributed by atoms with Crippen molar-refractivity contribution in [2.75, 3.05) is 26.2 Å². The molecule has 18 heavy (non-hydrogen) atoms. The summed E-state index contributed by atoms with van der Waals surface area (Å²) in [6, 6.07) is 0.793. The zero-order valence-electron chi connectivity index (χ0n) is 11.8. The molecule has 0 amide bonds. The Morgan fingerprint density at radius 1 is 1.17 bits per heavy atom. The third-order valence-corrected chi connectivity index (χ3v) is 5.21. The maximum Gasteiger partial charge on any atom is 0.00915 e. The van der Waals surface area contributed by atoms with E-state index in [1.165, 1.54) is 58.3 Å². The first-order chi connectivity index (χ1) is 8.85. The average molecular weight is 248 g/mol. The van der Waals surface area contributed by atoms with Gasteiger partial charge in [-0.1, -0.05) is 19.1 Å². The SMILES string of the molecule is CCCN1CCC(NCC2CC3C=CC2C3)CC1. The second-order valence-corrected chi connectivity index (χ2v) is 6.56. The minimum atomic E-state index is 0.793. The van der Waals surface area contributed by atoms with Crippen LogP contribution in [0.25, 0.3) is 0 Å². The molecule has 3 unspecified atom stereocenters. The smallest absolute Gasteiger partial charge is 0.00915 e. The van der Waals surface area contributed by atoms with Gasteiger partial charge in [-0.2, -0.15) is 0 Å². The van der Waals surface area contributed by atoms with Crippen molar-refractivity contribution in [3.8, 4) is 0 Å². The second-order valence-electron chi connectivity index (χ2n) is 6.56. The van der Waals surface area contributed by atoms with Crippen molar-refractivity contribution in [2.45, 2.75) is 45.1 Å². The molecule has 1 heterocycles. The Balaban J connectivity index is 1.36. The van der Waals surface area contributed by atoms with Crippen LogP contribution in [0.5, 0.6) is 0 Å². The summed E-state index contributed by atoms with van der Waals surface area (Å²) in [5, 5.41) is 3.85. The van der Waals surface area contributed by atoms with E-state index in [4.69, 9.17) is 0 Å². The zero-order chi connectivity index (χ0) is 12.4. The zero-order valence-corrected chi connectivity index (χ0v) is 11.8. The quantitative estimate of drug-likeness (QED) is 0.753. The van der Waals surface area contributed by atoms with Gasteiger partial charge in [0.1, 0.15) is 0 Å². The minimum absolute atomic E-state index is 0.793. The average Bonchev–Trinajstić information content (AvgIpc) is 3.00. The highest BCUT2D eigenvalue weighted by Crippen LogP contribution is 2.43. The Kier molecular flexibility index (Phi) is 4.05. The number of likely N-dealkylation sites (tertiary alicyclic amines) is 1. The van der Waals surface area contributed by atoms with E-state index in [1.807, 2.05) is 0 Å². The number of hydrogen-bond acceptors (Lipinski definition) is 2. The molecule has 0 aromatic heterocycles. The first-order valence-corrected chi connectivity index (χ1v) is 7.99. The lowest BCUT2D eigenvalue weighted by atomic mass is 9.93. The molecule has 0 spiro atoms. The molecule has 2 fully saturated rings. The van der Waals surface area contributed by atoms with E-state index < -0.39 is 0 Å². The van der Waals surface area contributed by atoms with Crippen molar-refractivity contribution in [1.29, 1.82) is 0 Å². The van der Waals surface area contributed by atoms with Crippen LogP contribution < -0.4 is 5.32 Å². The molecule has 0 radical (unpaired) electrons. The molecule has 102 valence electrons. The first-order valence-electron chi connectivity index (χ1n) is 7.99. The van der Waals surface area contributed by atoms with Gasteiger partial charge < -0.3 is 10.2 Å². The fraction of sp³-hybridized carbons (Fsp3) is 0.875. The van der Waals surface area contributed by atoms with Gasteiger partial charge in [-0.15, -0.1) is 0 Å². The van der Waals surface area contributed by atoms with Crippen LogP contribution in [-0.2, 0) is 0 Å². The predicted octanol–water partition coefficient (Wildman–Crippen LogP) is 2.66. The fourth-order valence-electron chi connectivity index (χ4n) is 4.12. The second kappa shape index (κ2) is 5.75. The molecule has 2 bridgehead atoms. The van der Waals surface area contributed by atoms with Crippen LogP contribution >= 0.6 is 0 Å². The van der Waals surface area contributed by atoms with Crippen molar-refractivity contribution < 1.29 is 0 Å². The van der Waals surface area contributed by atoms with E-state index in [2.05, 4.69) is 29.3 Å². The molecule has 1 aliphatic heterocycles. The van der Waals surface area contributed by atoms with Crippen LogP contribution in [0.1, 0.15) is 39.0 Å². The van der Waals surface area contributed by atoms with Crippen molar-refractivity contribution in [3.05, 3.63) is 12.2 Å². The topological polar surface area (TPSA) is 15.3 Å². The number of piperidine rings is 1. The first kappa shape index (κ1) is 12.7. The van der Waals surface area contributed by atoms with Gasteiger partial charge in [-0.3, -0.25) is 0 Å². The third kappa shape index (κ3) is 2.80. The number of rotatable bonds is 5. The lowest BCUT2D eigenvalue weighted by Crippen LogP contribution is -2.44. The third-order valence-electron chi connectivity index (χ3n) is 5.21. The Bertz CT molecular complexity index is 291. The molecule has 0 aromatic rings. The lowest BCUT2D eigenvalue weighted by molar-refractivity contribution is 0.193. The lowest BCUT2D eigenvalue weighted by Gasteiger charge is -2.33. The molecule has 2 heteroatoms. The summed E-state index contributed by atoms with van der Waals surface area (Å²) in [6.45, 7) is 7.46. The number of fused-ring (bicyclic) bond motifs is 2. The van der Waals surface area contributed by atoms with Crippen LogP contribution in [0.4, 0.5) is 0 Å². The molecule has 3 rings (SSSR count). The number of nitrogens with zero attached hydrogens (tertiary/aromatic N) is 1. The fourth-order valence-corrected chi connectivity index (χ4v) is 4.12. The molecule has 1 saturated carbocycles. The molecule has 1 saturated heterocycles. The molecular formula is C16H28N2. The van der Waals surface area contributed by atoms with Crippen LogP contribution in [0, 0.1) is 17.8 Å². The summed E-state index contributed by atoms with van der Waals surface area (Å²) in [5.41, 5.74) is 0. The molecular weight excluding hydrogens is 220 g/mol. The van der Waals surface area contributed by atoms with Crippen LogP contribution in [0.2, 0.25) is 0 Å². The van der Waals surface area contributed by atoms with E-state index in [0.29, 0.717) is 0 Å². The van der Waals surface area contributed by atoms with E-state index in [-0.39, 0.29) is 0 Å². The molecule has 3 aliphatic rings. The molecule has 2 aliphatic carbocycles.